The molecule has 0 aliphatic rings. The van der Waals surface area contributed by atoms with Crippen molar-refractivity contribution in [3.05, 3.63) is 58.1 Å². The fraction of sp³-hybridized carbons (Fsp3) is 0.0769. The molecule has 0 radical (unpaired) electrons. The van der Waals surface area contributed by atoms with E-state index >= 15 is 0 Å². The second-order valence-corrected chi connectivity index (χ2v) is 4.19. The van der Waals surface area contributed by atoms with E-state index in [2.05, 4.69) is 12.6 Å². The molecule has 0 amide bonds. The molecule has 0 aromatic heterocycles. The molecule has 4 heteroatoms. The van der Waals surface area contributed by atoms with Crippen LogP contribution >= 0.6 is 12.6 Å². The van der Waals surface area contributed by atoms with E-state index in [0.29, 0.717) is 4.90 Å². The zero-order valence-electron chi connectivity index (χ0n) is 9.25. The Morgan fingerprint density at radius 2 is 1.71 bits per heavy atom. The number of benzene rings is 2. The Hall–Kier alpha value is -1.81. The Kier molecular flexibility index (Phi) is 3.15. The molecule has 2 aromatic carbocycles. The van der Waals surface area contributed by atoms with Crippen molar-refractivity contribution in [3.8, 4) is 11.1 Å². The predicted molar refractivity (Wildman–Crippen MR) is 70.5 cm³/mol. The minimum absolute atomic E-state index is 0.0362. The predicted octanol–water partition coefficient (Wildman–Crippen LogP) is 3.86. The van der Waals surface area contributed by atoms with Crippen molar-refractivity contribution < 1.29 is 4.92 Å². The molecule has 0 N–H and O–H groups in total. The zero-order chi connectivity index (χ0) is 12.4. The van der Waals surface area contributed by atoms with Crippen LogP contribution in [0.15, 0.2) is 47.4 Å². The van der Waals surface area contributed by atoms with Crippen molar-refractivity contribution in [2.45, 2.75) is 11.8 Å². The smallest absolute Gasteiger partial charge is 0.258 e. The average Bonchev–Trinajstić information content (AvgIpc) is 2.30. The van der Waals surface area contributed by atoms with Gasteiger partial charge in [-0.1, -0.05) is 36.4 Å². The summed E-state index contributed by atoms with van der Waals surface area (Å²) in [5, 5.41) is 10.8. The van der Waals surface area contributed by atoms with Gasteiger partial charge in [-0.05, 0) is 18.1 Å². The summed E-state index contributed by atoms with van der Waals surface area (Å²) in [5.74, 6) is 0. The summed E-state index contributed by atoms with van der Waals surface area (Å²) in [4.78, 5) is 10.8. The van der Waals surface area contributed by atoms with Gasteiger partial charge in [0, 0.05) is 11.6 Å². The third-order valence-corrected chi connectivity index (χ3v) is 3.12. The number of nitro benzene ring substituents is 1. The molecule has 2 rings (SSSR count). The molecular weight excluding hydrogens is 234 g/mol. The lowest BCUT2D eigenvalue weighted by atomic mass is 10.0. The molecule has 0 saturated heterocycles. The molecule has 0 heterocycles. The summed E-state index contributed by atoms with van der Waals surface area (Å²) in [6.07, 6.45) is 0. The van der Waals surface area contributed by atoms with Gasteiger partial charge < -0.3 is 0 Å². The number of nitrogens with zero attached hydrogens (tertiary/aromatic N) is 1. The summed E-state index contributed by atoms with van der Waals surface area (Å²) in [6.45, 7) is 1.97. The van der Waals surface area contributed by atoms with Crippen LogP contribution in [0, 0.1) is 17.0 Å². The third kappa shape index (κ3) is 2.17. The van der Waals surface area contributed by atoms with Crippen LogP contribution in [0.25, 0.3) is 11.1 Å². The Labute approximate surface area is 105 Å². The molecule has 0 spiro atoms. The van der Waals surface area contributed by atoms with Crippen LogP contribution in [0.5, 0.6) is 0 Å². The molecule has 2 aromatic rings. The van der Waals surface area contributed by atoms with Crippen molar-refractivity contribution in [2.75, 3.05) is 0 Å². The third-order valence-electron chi connectivity index (χ3n) is 2.65. The summed E-state index contributed by atoms with van der Waals surface area (Å²) in [7, 11) is 0. The summed E-state index contributed by atoms with van der Waals surface area (Å²) < 4.78 is 0. The van der Waals surface area contributed by atoms with Crippen LogP contribution in [-0.2, 0) is 0 Å². The van der Waals surface area contributed by atoms with Gasteiger partial charge in [-0.3, -0.25) is 10.1 Å². The lowest BCUT2D eigenvalue weighted by Gasteiger charge is -2.08. The van der Waals surface area contributed by atoms with E-state index in [1.807, 2.05) is 37.3 Å². The largest absolute Gasteiger partial charge is 0.283 e. The Balaban J connectivity index is 2.65. The maximum atomic E-state index is 10.8. The maximum Gasteiger partial charge on any atom is 0.283 e. The highest BCUT2D eigenvalue weighted by Gasteiger charge is 2.15. The van der Waals surface area contributed by atoms with E-state index < -0.39 is 4.92 Å². The molecule has 0 fully saturated rings. The second kappa shape index (κ2) is 4.59. The normalized spacial score (nSPS) is 10.2. The van der Waals surface area contributed by atoms with Crippen LogP contribution in [-0.4, -0.2) is 4.92 Å². The van der Waals surface area contributed by atoms with Crippen molar-refractivity contribution in [1.29, 1.82) is 0 Å². The van der Waals surface area contributed by atoms with Gasteiger partial charge in [0.25, 0.3) is 5.69 Å². The average molecular weight is 245 g/mol. The van der Waals surface area contributed by atoms with Crippen LogP contribution in [0.2, 0.25) is 0 Å². The molecule has 17 heavy (non-hydrogen) atoms. The number of hydrogen-bond donors (Lipinski definition) is 1. The molecule has 3 nitrogen and oxygen atoms in total. The first-order valence-electron chi connectivity index (χ1n) is 5.13. The van der Waals surface area contributed by atoms with Crippen LogP contribution < -0.4 is 0 Å². The summed E-state index contributed by atoms with van der Waals surface area (Å²) in [6, 6.07) is 12.7. The van der Waals surface area contributed by atoms with Crippen molar-refractivity contribution in [3.63, 3.8) is 0 Å². The molecule has 0 aliphatic carbocycles. The van der Waals surface area contributed by atoms with Crippen LogP contribution in [0.3, 0.4) is 0 Å². The Bertz CT molecular complexity index is 581. The highest BCUT2D eigenvalue weighted by atomic mass is 32.1. The van der Waals surface area contributed by atoms with Gasteiger partial charge in [-0.15, -0.1) is 12.6 Å². The molecule has 0 bridgehead atoms. The van der Waals surface area contributed by atoms with Crippen LogP contribution in [0.1, 0.15) is 5.56 Å². The number of nitro groups is 1. The highest BCUT2D eigenvalue weighted by molar-refractivity contribution is 7.80. The van der Waals surface area contributed by atoms with E-state index in [0.717, 1.165) is 16.7 Å². The number of thiol groups is 1. The van der Waals surface area contributed by atoms with Gasteiger partial charge in [0.2, 0.25) is 0 Å². The number of aryl methyl sites for hydroxylation is 1. The summed E-state index contributed by atoms with van der Waals surface area (Å²) >= 11 is 4.27. The molecule has 0 aliphatic heterocycles. The molecule has 86 valence electrons. The Morgan fingerprint density at radius 3 is 2.35 bits per heavy atom. The van der Waals surface area contributed by atoms with E-state index in [-0.39, 0.29) is 5.69 Å². The first-order chi connectivity index (χ1) is 8.11. The van der Waals surface area contributed by atoms with Gasteiger partial charge in [-0.2, -0.15) is 0 Å². The van der Waals surface area contributed by atoms with Crippen LogP contribution in [0.4, 0.5) is 5.69 Å². The van der Waals surface area contributed by atoms with Gasteiger partial charge in [-0.25, -0.2) is 0 Å². The van der Waals surface area contributed by atoms with E-state index in [4.69, 9.17) is 0 Å². The minimum Gasteiger partial charge on any atom is -0.258 e. The first-order valence-corrected chi connectivity index (χ1v) is 5.58. The Morgan fingerprint density at radius 1 is 1.06 bits per heavy atom. The van der Waals surface area contributed by atoms with Crippen molar-refractivity contribution >= 4 is 18.3 Å². The fourth-order valence-electron chi connectivity index (χ4n) is 1.77. The van der Waals surface area contributed by atoms with Gasteiger partial charge in [0.1, 0.15) is 0 Å². The minimum atomic E-state index is -0.413. The van der Waals surface area contributed by atoms with Gasteiger partial charge in [0.15, 0.2) is 0 Å². The quantitative estimate of drug-likeness (QED) is 0.496. The van der Waals surface area contributed by atoms with Crippen molar-refractivity contribution in [2.24, 2.45) is 0 Å². The topological polar surface area (TPSA) is 43.1 Å². The lowest BCUT2D eigenvalue weighted by Crippen LogP contribution is -1.92. The molecule has 0 atom stereocenters. The monoisotopic (exact) mass is 245 g/mol. The zero-order valence-corrected chi connectivity index (χ0v) is 10.1. The standard InChI is InChI=1S/C13H11NO2S/c1-9-5-2-3-6-10(9)11-7-4-8-12(13(11)17)14(15)16/h2-8,17H,1H3. The lowest BCUT2D eigenvalue weighted by molar-refractivity contribution is -0.387. The SMILES string of the molecule is Cc1ccccc1-c1cccc([N+](=O)[O-])c1S. The highest BCUT2D eigenvalue weighted by Crippen LogP contribution is 2.34. The summed E-state index contributed by atoms with van der Waals surface area (Å²) in [5.41, 5.74) is 2.87. The van der Waals surface area contributed by atoms with Gasteiger partial charge >= 0.3 is 0 Å². The molecule has 0 saturated carbocycles. The van der Waals surface area contributed by atoms with Gasteiger partial charge in [0.05, 0.1) is 9.82 Å². The number of hydrogen-bond acceptors (Lipinski definition) is 3. The second-order valence-electron chi connectivity index (χ2n) is 3.75. The van der Waals surface area contributed by atoms with E-state index in [1.54, 1.807) is 6.07 Å². The van der Waals surface area contributed by atoms with E-state index in [9.17, 15) is 10.1 Å². The maximum absolute atomic E-state index is 10.8. The molecule has 0 unspecified atom stereocenters. The number of rotatable bonds is 2. The van der Waals surface area contributed by atoms with E-state index in [1.165, 1.54) is 6.07 Å². The fourth-order valence-corrected chi connectivity index (χ4v) is 2.12. The molecular formula is C13H11NO2S. The van der Waals surface area contributed by atoms with Crippen molar-refractivity contribution in [1.82, 2.24) is 0 Å². The first kappa shape index (κ1) is 11.7.